The Kier molecular flexibility index (Phi) is 8.67. The molecule has 5 nitrogen and oxygen atoms in total. The van der Waals surface area contributed by atoms with Crippen molar-refractivity contribution in [3.63, 3.8) is 0 Å². The zero-order chi connectivity index (χ0) is 26.4. The molecule has 4 aromatic carbocycles. The summed E-state index contributed by atoms with van der Waals surface area (Å²) in [6.45, 7) is 1.83. The van der Waals surface area contributed by atoms with Crippen LogP contribution in [0, 0.1) is 6.92 Å². The molecule has 37 heavy (non-hydrogen) atoms. The highest BCUT2D eigenvalue weighted by Crippen LogP contribution is 2.40. The number of hydrogen-bond acceptors (Lipinski definition) is 5. The summed E-state index contributed by atoms with van der Waals surface area (Å²) in [4.78, 5) is 23.7. The van der Waals surface area contributed by atoms with Gasteiger partial charge in [0, 0.05) is 17.5 Å². The van der Waals surface area contributed by atoms with Crippen molar-refractivity contribution in [2.45, 2.75) is 58.5 Å². The van der Waals surface area contributed by atoms with Gasteiger partial charge >= 0.3 is 5.97 Å². The highest BCUT2D eigenvalue weighted by molar-refractivity contribution is 6.33. The van der Waals surface area contributed by atoms with E-state index in [1.165, 1.54) is 0 Å². The summed E-state index contributed by atoms with van der Waals surface area (Å²) in [5.41, 5.74) is 1.83. The number of fused-ring (bicyclic) bond motifs is 2. The van der Waals surface area contributed by atoms with Crippen LogP contribution in [-0.4, -0.2) is 22.5 Å². The Balaban J connectivity index is 1.23. The van der Waals surface area contributed by atoms with Crippen LogP contribution in [-0.2, 0) is 22.6 Å². The van der Waals surface area contributed by atoms with E-state index in [1.807, 2.05) is 24.3 Å². The minimum atomic E-state index is -0.206. The van der Waals surface area contributed by atoms with E-state index >= 15 is 0 Å². The van der Waals surface area contributed by atoms with Gasteiger partial charge in [-0.2, -0.15) is 0 Å². The predicted molar refractivity (Wildman–Crippen MR) is 148 cm³/mol. The molecular weight excluding hydrogens is 488 g/mol. The number of phenolic OH excluding ortho intramolecular Hbond substituents is 2. The molecule has 0 aliphatic heterocycles. The van der Waals surface area contributed by atoms with Crippen molar-refractivity contribution in [2.24, 2.45) is 0 Å². The Labute approximate surface area is 221 Å². The Morgan fingerprint density at radius 1 is 0.865 bits per heavy atom. The third-order valence-electron chi connectivity index (χ3n) is 6.95. The van der Waals surface area contributed by atoms with Crippen LogP contribution >= 0.6 is 11.6 Å². The standard InChI is InChI=1S/C31H31ClO5/c1-20-26(18-33)30(35)25(31(36)29(20)32)15-5-3-2-4-6-16-28(34)37-19-27-23-13-9-7-11-21(23)17-22-12-8-10-14-24(22)27/h7-14,17-18,35-36H,2-6,15-16,19H2,1H3. The first-order valence-electron chi connectivity index (χ1n) is 12.7. The molecule has 0 amide bonds. The first-order chi connectivity index (χ1) is 17.9. The number of aldehydes is 1. The van der Waals surface area contributed by atoms with Gasteiger partial charge in [0.05, 0.1) is 10.6 Å². The molecule has 0 heterocycles. The number of ether oxygens (including phenoxy) is 1. The van der Waals surface area contributed by atoms with E-state index in [2.05, 4.69) is 30.3 Å². The van der Waals surface area contributed by atoms with E-state index in [0.29, 0.717) is 30.3 Å². The Morgan fingerprint density at radius 3 is 2.11 bits per heavy atom. The minimum absolute atomic E-state index is 0.102. The van der Waals surface area contributed by atoms with E-state index in [0.717, 1.165) is 59.2 Å². The second kappa shape index (κ2) is 12.1. The number of halogens is 1. The zero-order valence-corrected chi connectivity index (χ0v) is 21.7. The van der Waals surface area contributed by atoms with E-state index < -0.39 is 0 Å². The summed E-state index contributed by atoms with van der Waals surface area (Å²) in [6.07, 6.45) is 5.43. The van der Waals surface area contributed by atoms with Crippen molar-refractivity contribution >= 4 is 45.4 Å². The second-order valence-electron chi connectivity index (χ2n) is 9.37. The molecule has 4 aromatic rings. The van der Waals surface area contributed by atoms with Gasteiger partial charge in [0.25, 0.3) is 0 Å². The lowest BCUT2D eigenvalue weighted by Gasteiger charge is -2.14. The minimum Gasteiger partial charge on any atom is -0.507 e. The van der Waals surface area contributed by atoms with Crippen LogP contribution < -0.4 is 0 Å². The van der Waals surface area contributed by atoms with Crippen LogP contribution in [0.1, 0.15) is 65.6 Å². The molecule has 2 N–H and O–H groups in total. The summed E-state index contributed by atoms with van der Waals surface area (Å²) in [5.74, 6) is -0.567. The number of rotatable bonds is 11. The number of carbonyl (C=O) groups excluding carboxylic acids is 2. The van der Waals surface area contributed by atoms with Gasteiger partial charge in [-0.15, -0.1) is 0 Å². The van der Waals surface area contributed by atoms with Crippen LogP contribution in [0.4, 0.5) is 0 Å². The zero-order valence-electron chi connectivity index (χ0n) is 20.9. The summed E-state index contributed by atoms with van der Waals surface area (Å²) < 4.78 is 5.66. The monoisotopic (exact) mass is 518 g/mol. The number of aromatic hydroxyl groups is 2. The molecule has 0 atom stereocenters. The van der Waals surface area contributed by atoms with Crippen LogP contribution in [0.15, 0.2) is 54.6 Å². The lowest BCUT2D eigenvalue weighted by Crippen LogP contribution is -2.05. The van der Waals surface area contributed by atoms with Gasteiger partial charge in [-0.25, -0.2) is 0 Å². The smallest absolute Gasteiger partial charge is 0.306 e. The Hall–Kier alpha value is -3.57. The van der Waals surface area contributed by atoms with Gasteiger partial charge in [-0.1, -0.05) is 79.4 Å². The van der Waals surface area contributed by atoms with Crippen LogP contribution in [0.5, 0.6) is 11.5 Å². The van der Waals surface area contributed by atoms with Crippen molar-refractivity contribution in [3.05, 3.63) is 81.9 Å². The van der Waals surface area contributed by atoms with Crippen LogP contribution in [0.2, 0.25) is 5.02 Å². The molecule has 192 valence electrons. The predicted octanol–water partition coefficient (Wildman–Crippen LogP) is 7.81. The Bertz CT molecular complexity index is 1390. The largest absolute Gasteiger partial charge is 0.507 e. The van der Waals surface area contributed by atoms with Gasteiger partial charge in [0.1, 0.15) is 18.1 Å². The number of unbranched alkanes of at least 4 members (excludes halogenated alkanes) is 4. The molecule has 0 spiro atoms. The number of carbonyl (C=O) groups is 2. The normalized spacial score (nSPS) is 11.2. The van der Waals surface area contributed by atoms with Crippen LogP contribution in [0.25, 0.3) is 21.5 Å². The molecule has 4 rings (SSSR count). The molecule has 0 bridgehead atoms. The van der Waals surface area contributed by atoms with Crippen molar-refractivity contribution in [2.75, 3.05) is 0 Å². The van der Waals surface area contributed by atoms with Gasteiger partial charge < -0.3 is 14.9 Å². The third-order valence-corrected chi connectivity index (χ3v) is 7.42. The molecule has 0 saturated heterocycles. The molecule has 0 fully saturated rings. The number of benzene rings is 4. The Morgan fingerprint density at radius 2 is 1.46 bits per heavy atom. The summed E-state index contributed by atoms with van der Waals surface area (Å²) in [5, 5.41) is 25.2. The first kappa shape index (κ1) is 26.5. The van der Waals surface area contributed by atoms with Gasteiger partial charge in [0.2, 0.25) is 0 Å². The lowest BCUT2D eigenvalue weighted by molar-refractivity contribution is -0.145. The van der Waals surface area contributed by atoms with E-state index in [1.54, 1.807) is 6.92 Å². The molecule has 0 aliphatic rings. The molecule has 0 aromatic heterocycles. The van der Waals surface area contributed by atoms with E-state index in [4.69, 9.17) is 16.3 Å². The number of hydrogen-bond donors (Lipinski definition) is 2. The second-order valence-corrected chi connectivity index (χ2v) is 9.75. The van der Waals surface area contributed by atoms with Crippen molar-refractivity contribution in [3.8, 4) is 11.5 Å². The first-order valence-corrected chi connectivity index (χ1v) is 13.0. The maximum Gasteiger partial charge on any atom is 0.306 e. The van der Waals surface area contributed by atoms with Gasteiger partial charge in [0.15, 0.2) is 6.29 Å². The fourth-order valence-electron chi connectivity index (χ4n) is 4.85. The molecule has 0 aliphatic carbocycles. The molecule has 0 unspecified atom stereocenters. The highest BCUT2D eigenvalue weighted by atomic mass is 35.5. The maximum atomic E-state index is 12.4. The van der Waals surface area contributed by atoms with E-state index in [9.17, 15) is 19.8 Å². The molecular formula is C31H31ClO5. The molecule has 0 radical (unpaired) electrons. The maximum absolute atomic E-state index is 12.4. The van der Waals surface area contributed by atoms with Gasteiger partial charge in [-0.3, -0.25) is 9.59 Å². The van der Waals surface area contributed by atoms with Crippen molar-refractivity contribution in [1.29, 1.82) is 0 Å². The van der Waals surface area contributed by atoms with Crippen molar-refractivity contribution < 1.29 is 24.5 Å². The summed E-state index contributed by atoms with van der Waals surface area (Å²) >= 11 is 6.11. The van der Waals surface area contributed by atoms with Gasteiger partial charge in [-0.05, 0) is 59.4 Å². The summed E-state index contributed by atoms with van der Waals surface area (Å²) in [7, 11) is 0. The highest BCUT2D eigenvalue weighted by Gasteiger charge is 2.19. The van der Waals surface area contributed by atoms with Crippen LogP contribution in [0.3, 0.4) is 0 Å². The number of phenols is 2. The van der Waals surface area contributed by atoms with E-state index in [-0.39, 0.29) is 34.7 Å². The molecule has 0 saturated carbocycles. The fourth-order valence-corrected chi connectivity index (χ4v) is 5.07. The lowest BCUT2D eigenvalue weighted by atomic mass is 9.97. The molecule has 6 heteroatoms. The third kappa shape index (κ3) is 5.89. The number of esters is 1. The SMILES string of the molecule is Cc1c(Cl)c(O)c(CCCCCCCC(=O)OCc2c3ccccc3cc3ccccc23)c(O)c1C=O. The topological polar surface area (TPSA) is 83.8 Å². The average molecular weight is 519 g/mol. The average Bonchev–Trinajstić information content (AvgIpc) is 2.91. The fraction of sp³-hybridized carbons (Fsp3) is 0.290. The van der Waals surface area contributed by atoms with Crippen molar-refractivity contribution in [1.82, 2.24) is 0 Å². The quantitative estimate of drug-likeness (QED) is 0.0915. The summed E-state index contributed by atoms with van der Waals surface area (Å²) in [6, 6.07) is 18.5.